The van der Waals surface area contributed by atoms with E-state index in [0.29, 0.717) is 17.0 Å². The van der Waals surface area contributed by atoms with Gasteiger partial charge in [-0.1, -0.05) is 18.2 Å². The molecule has 128 valence electrons. The van der Waals surface area contributed by atoms with Gasteiger partial charge in [0.1, 0.15) is 5.69 Å². The van der Waals surface area contributed by atoms with Gasteiger partial charge in [-0.15, -0.1) is 0 Å². The van der Waals surface area contributed by atoms with Gasteiger partial charge in [0.25, 0.3) is 5.91 Å². The van der Waals surface area contributed by atoms with E-state index < -0.39 is 0 Å². The number of furan rings is 1. The third kappa shape index (κ3) is 3.07. The van der Waals surface area contributed by atoms with Crippen LogP contribution in [0.3, 0.4) is 0 Å². The number of fused-ring (bicyclic) bond motifs is 1. The number of hydrogen-bond donors (Lipinski definition) is 1. The molecule has 1 amide bonds. The molecule has 3 aromatic heterocycles. The van der Waals surface area contributed by atoms with Gasteiger partial charge in [-0.05, 0) is 48.9 Å². The van der Waals surface area contributed by atoms with Gasteiger partial charge in [0.05, 0.1) is 23.4 Å². The molecule has 0 bridgehead atoms. The second-order valence-corrected chi connectivity index (χ2v) is 6.03. The van der Waals surface area contributed by atoms with Gasteiger partial charge in [-0.3, -0.25) is 9.78 Å². The molecule has 3 heterocycles. The first-order valence-electron chi connectivity index (χ1n) is 8.37. The van der Waals surface area contributed by atoms with Gasteiger partial charge in [0, 0.05) is 17.8 Å². The minimum absolute atomic E-state index is 0.135. The number of aromatic nitrogens is 2. The van der Waals surface area contributed by atoms with Crippen molar-refractivity contribution in [2.75, 3.05) is 0 Å². The van der Waals surface area contributed by atoms with Gasteiger partial charge < -0.3 is 9.73 Å². The topological polar surface area (TPSA) is 68.0 Å². The van der Waals surface area contributed by atoms with Gasteiger partial charge in [-0.2, -0.15) is 0 Å². The molecular weight excluding hydrogens is 326 g/mol. The Bertz CT molecular complexity index is 1040. The van der Waals surface area contributed by atoms with Crippen LogP contribution in [0.4, 0.5) is 0 Å². The van der Waals surface area contributed by atoms with Crippen LogP contribution in [0.1, 0.15) is 28.9 Å². The Balaban J connectivity index is 1.73. The van der Waals surface area contributed by atoms with E-state index in [2.05, 4.69) is 15.3 Å². The quantitative estimate of drug-likeness (QED) is 0.597. The standard InChI is InChI=1S/C21H17N3O2/c1-14(15-8-10-22-11-9-15)23-21(25)17-13-19(20-7-4-12-26-20)24-18-6-3-2-5-16(17)18/h2-14H,1H3,(H,23,25). The highest BCUT2D eigenvalue weighted by Crippen LogP contribution is 2.25. The number of hydrogen-bond acceptors (Lipinski definition) is 4. The molecule has 1 atom stereocenters. The van der Waals surface area contributed by atoms with Crippen LogP contribution in [-0.4, -0.2) is 15.9 Å². The molecular formula is C21H17N3O2. The van der Waals surface area contributed by atoms with Crippen molar-refractivity contribution in [3.05, 3.63) is 84.4 Å². The SMILES string of the molecule is CC(NC(=O)c1cc(-c2ccco2)nc2ccccc12)c1ccncc1. The summed E-state index contributed by atoms with van der Waals surface area (Å²) in [5.74, 6) is 0.479. The maximum absolute atomic E-state index is 13.0. The van der Waals surface area contributed by atoms with Crippen LogP contribution in [0, 0.1) is 0 Å². The molecule has 0 aliphatic rings. The van der Waals surface area contributed by atoms with Crippen molar-refractivity contribution in [2.45, 2.75) is 13.0 Å². The first kappa shape index (κ1) is 16.0. The van der Waals surface area contributed by atoms with E-state index in [1.165, 1.54) is 0 Å². The van der Waals surface area contributed by atoms with E-state index >= 15 is 0 Å². The number of nitrogens with one attached hydrogen (secondary N) is 1. The van der Waals surface area contributed by atoms with E-state index in [1.54, 1.807) is 30.8 Å². The Morgan fingerprint density at radius 3 is 2.65 bits per heavy atom. The monoisotopic (exact) mass is 343 g/mol. The molecule has 4 rings (SSSR count). The zero-order valence-electron chi connectivity index (χ0n) is 14.2. The van der Waals surface area contributed by atoms with Crippen LogP contribution in [0.2, 0.25) is 0 Å². The number of carbonyl (C=O) groups excluding carboxylic acids is 1. The second kappa shape index (κ2) is 6.80. The van der Waals surface area contributed by atoms with E-state index in [0.717, 1.165) is 16.5 Å². The Hall–Kier alpha value is -3.47. The molecule has 0 spiro atoms. The summed E-state index contributed by atoms with van der Waals surface area (Å²) >= 11 is 0. The van der Waals surface area contributed by atoms with Crippen molar-refractivity contribution in [3.63, 3.8) is 0 Å². The minimum atomic E-state index is -0.152. The predicted octanol–water partition coefficient (Wildman–Crippen LogP) is 4.38. The number of rotatable bonds is 4. The third-order valence-corrected chi connectivity index (χ3v) is 4.29. The van der Waals surface area contributed by atoms with E-state index in [9.17, 15) is 4.79 Å². The summed E-state index contributed by atoms with van der Waals surface area (Å²) in [6.07, 6.45) is 5.03. The summed E-state index contributed by atoms with van der Waals surface area (Å²) in [5.41, 5.74) is 2.96. The van der Waals surface area contributed by atoms with Gasteiger partial charge in [-0.25, -0.2) is 4.98 Å². The molecule has 1 aromatic carbocycles. The molecule has 5 nitrogen and oxygen atoms in total. The van der Waals surface area contributed by atoms with Crippen molar-refractivity contribution in [1.82, 2.24) is 15.3 Å². The first-order valence-corrected chi connectivity index (χ1v) is 8.37. The summed E-state index contributed by atoms with van der Waals surface area (Å²) in [7, 11) is 0. The normalized spacial score (nSPS) is 12.0. The van der Waals surface area contributed by atoms with E-state index in [-0.39, 0.29) is 11.9 Å². The average Bonchev–Trinajstić information content (AvgIpc) is 3.22. The lowest BCUT2D eigenvalue weighted by molar-refractivity contribution is 0.0941. The molecule has 0 saturated carbocycles. The van der Waals surface area contributed by atoms with Gasteiger partial charge in [0.2, 0.25) is 0 Å². The Morgan fingerprint density at radius 1 is 1.08 bits per heavy atom. The molecule has 26 heavy (non-hydrogen) atoms. The molecule has 1 unspecified atom stereocenters. The number of amides is 1. The van der Waals surface area contributed by atoms with Crippen LogP contribution in [0.5, 0.6) is 0 Å². The third-order valence-electron chi connectivity index (χ3n) is 4.29. The lowest BCUT2D eigenvalue weighted by Crippen LogP contribution is -2.27. The van der Waals surface area contributed by atoms with Crippen LogP contribution < -0.4 is 5.32 Å². The predicted molar refractivity (Wildman–Crippen MR) is 99.6 cm³/mol. The van der Waals surface area contributed by atoms with Crippen molar-refractivity contribution in [2.24, 2.45) is 0 Å². The molecule has 0 saturated heterocycles. The lowest BCUT2D eigenvalue weighted by Gasteiger charge is -2.15. The Labute approximate surface area is 150 Å². The highest BCUT2D eigenvalue weighted by atomic mass is 16.3. The van der Waals surface area contributed by atoms with Crippen molar-refractivity contribution >= 4 is 16.8 Å². The molecule has 0 fully saturated rings. The number of pyridine rings is 2. The smallest absolute Gasteiger partial charge is 0.252 e. The summed E-state index contributed by atoms with van der Waals surface area (Å²) < 4.78 is 5.45. The van der Waals surface area contributed by atoms with Crippen LogP contribution in [0.15, 0.2) is 77.7 Å². The number of benzene rings is 1. The Kier molecular flexibility index (Phi) is 4.19. The summed E-state index contributed by atoms with van der Waals surface area (Å²) in [6.45, 7) is 1.95. The molecule has 0 aliphatic heterocycles. The fraction of sp³-hybridized carbons (Fsp3) is 0.0952. The fourth-order valence-electron chi connectivity index (χ4n) is 2.92. The zero-order valence-corrected chi connectivity index (χ0v) is 14.2. The summed E-state index contributed by atoms with van der Waals surface area (Å²) in [5, 5.41) is 3.86. The molecule has 0 aliphatic carbocycles. The van der Waals surface area contributed by atoms with E-state index in [4.69, 9.17) is 4.42 Å². The zero-order chi connectivity index (χ0) is 17.9. The van der Waals surface area contributed by atoms with Crippen LogP contribution >= 0.6 is 0 Å². The molecule has 1 N–H and O–H groups in total. The number of carbonyl (C=O) groups is 1. The van der Waals surface area contributed by atoms with E-state index in [1.807, 2.05) is 49.4 Å². The first-order chi connectivity index (χ1) is 12.7. The maximum Gasteiger partial charge on any atom is 0.252 e. The molecule has 0 radical (unpaired) electrons. The minimum Gasteiger partial charge on any atom is -0.463 e. The largest absolute Gasteiger partial charge is 0.463 e. The molecule has 4 aromatic rings. The Morgan fingerprint density at radius 2 is 1.88 bits per heavy atom. The van der Waals surface area contributed by atoms with Crippen LogP contribution in [0.25, 0.3) is 22.4 Å². The highest BCUT2D eigenvalue weighted by molar-refractivity contribution is 6.07. The number of nitrogens with zero attached hydrogens (tertiary/aromatic N) is 2. The van der Waals surface area contributed by atoms with Gasteiger partial charge in [0.15, 0.2) is 5.76 Å². The lowest BCUT2D eigenvalue weighted by atomic mass is 10.0. The molecule has 5 heteroatoms. The van der Waals surface area contributed by atoms with Gasteiger partial charge >= 0.3 is 0 Å². The fourth-order valence-corrected chi connectivity index (χ4v) is 2.92. The van der Waals surface area contributed by atoms with Crippen molar-refractivity contribution in [3.8, 4) is 11.5 Å². The average molecular weight is 343 g/mol. The number of para-hydroxylation sites is 1. The summed E-state index contributed by atoms with van der Waals surface area (Å²) in [4.78, 5) is 21.6. The van der Waals surface area contributed by atoms with Crippen LogP contribution in [-0.2, 0) is 0 Å². The van der Waals surface area contributed by atoms with Crippen molar-refractivity contribution in [1.29, 1.82) is 0 Å². The summed E-state index contributed by atoms with van der Waals surface area (Å²) in [6, 6.07) is 16.7. The maximum atomic E-state index is 13.0. The van der Waals surface area contributed by atoms with Crippen molar-refractivity contribution < 1.29 is 9.21 Å². The highest BCUT2D eigenvalue weighted by Gasteiger charge is 2.17. The second-order valence-electron chi connectivity index (χ2n) is 6.03.